The molecule has 1 N–H and O–H groups in total. The minimum absolute atomic E-state index is 0.627. The first-order chi connectivity index (χ1) is 8.31. The van der Waals surface area contributed by atoms with E-state index in [0.717, 1.165) is 43.8 Å². The van der Waals surface area contributed by atoms with Crippen LogP contribution < -0.4 is 10.2 Å². The van der Waals surface area contributed by atoms with E-state index in [4.69, 9.17) is 4.74 Å². The number of hydrogen-bond acceptors (Lipinski definition) is 5. The van der Waals surface area contributed by atoms with Gasteiger partial charge in [0.2, 0.25) is 5.95 Å². The zero-order chi connectivity index (χ0) is 11.7. The van der Waals surface area contributed by atoms with E-state index in [9.17, 15) is 0 Å². The van der Waals surface area contributed by atoms with E-state index in [1.54, 1.807) is 0 Å². The lowest BCUT2D eigenvalue weighted by atomic mass is 10.4. The molecule has 0 unspecified atom stereocenters. The highest BCUT2D eigenvalue weighted by molar-refractivity contribution is 5.45. The predicted molar refractivity (Wildman–Crippen MR) is 66.4 cm³/mol. The number of nitrogens with one attached hydrogen (secondary N) is 1. The Morgan fingerprint density at radius 1 is 1.29 bits per heavy atom. The maximum Gasteiger partial charge on any atom is 0.227 e. The molecule has 1 saturated heterocycles. The van der Waals surface area contributed by atoms with Gasteiger partial charge in [0, 0.05) is 30.9 Å². The van der Waals surface area contributed by atoms with Crippen LogP contribution >= 0.6 is 0 Å². The van der Waals surface area contributed by atoms with Crippen molar-refractivity contribution in [3.8, 4) is 0 Å². The number of morpholine rings is 1. The van der Waals surface area contributed by atoms with Crippen LogP contribution in [0.2, 0.25) is 0 Å². The molecule has 92 valence electrons. The van der Waals surface area contributed by atoms with E-state index in [1.165, 1.54) is 12.8 Å². The van der Waals surface area contributed by atoms with Gasteiger partial charge in [-0.25, -0.2) is 4.98 Å². The molecule has 17 heavy (non-hydrogen) atoms. The van der Waals surface area contributed by atoms with Gasteiger partial charge < -0.3 is 15.0 Å². The lowest BCUT2D eigenvalue weighted by molar-refractivity contribution is 0.122. The van der Waals surface area contributed by atoms with E-state index in [1.807, 2.05) is 13.0 Å². The number of rotatable bonds is 3. The van der Waals surface area contributed by atoms with Crippen LogP contribution in [-0.2, 0) is 4.74 Å². The normalized spacial score (nSPS) is 20.4. The number of aromatic nitrogens is 2. The minimum Gasteiger partial charge on any atom is -0.378 e. The topological polar surface area (TPSA) is 50.3 Å². The van der Waals surface area contributed by atoms with Crippen molar-refractivity contribution in [3.63, 3.8) is 0 Å². The molecule has 0 atom stereocenters. The summed E-state index contributed by atoms with van der Waals surface area (Å²) in [6.07, 6.45) is 2.52. The molecule has 1 aliphatic carbocycles. The average molecular weight is 234 g/mol. The molecular formula is C12H18N4O. The number of aryl methyl sites for hydroxylation is 1. The lowest BCUT2D eigenvalue weighted by Gasteiger charge is -2.27. The summed E-state index contributed by atoms with van der Waals surface area (Å²) in [5.41, 5.74) is 1.02. The van der Waals surface area contributed by atoms with Gasteiger partial charge >= 0.3 is 0 Å². The van der Waals surface area contributed by atoms with Gasteiger partial charge in [-0.05, 0) is 19.8 Å². The smallest absolute Gasteiger partial charge is 0.227 e. The first kappa shape index (κ1) is 10.8. The summed E-state index contributed by atoms with van der Waals surface area (Å²) in [7, 11) is 0. The highest BCUT2D eigenvalue weighted by Crippen LogP contribution is 2.25. The fourth-order valence-electron chi connectivity index (χ4n) is 1.97. The van der Waals surface area contributed by atoms with Crippen LogP contribution in [0, 0.1) is 6.92 Å². The standard InChI is InChI=1S/C12H18N4O/c1-9-8-11(14-10-2-3-10)15-12(13-9)16-4-6-17-7-5-16/h8,10H,2-7H2,1H3,(H,13,14,15). The fourth-order valence-corrected chi connectivity index (χ4v) is 1.97. The Bertz CT molecular complexity index is 399. The quantitative estimate of drug-likeness (QED) is 0.851. The van der Waals surface area contributed by atoms with Crippen LogP contribution in [0.1, 0.15) is 18.5 Å². The average Bonchev–Trinajstić information content (AvgIpc) is 3.13. The molecule has 1 aromatic rings. The Labute approximate surface area is 101 Å². The third-order valence-electron chi connectivity index (χ3n) is 3.07. The van der Waals surface area contributed by atoms with Gasteiger partial charge in [0.1, 0.15) is 5.82 Å². The summed E-state index contributed by atoms with van der Waals surface area (Å²) in [5, 5.41) is 3.43. The zero-order valence-corrected chi connectivity index (χ0v) is 10.1. The van der Waals surface area contributed by atoms with Crippen molar-refractivity contribution in [2.75, 3.05) is 36.5 Å². The van der Waals surface area contributed by atoms with Crippen LogP contribution in [0.4, 0.5) is 11.8 Å². The minimum atomic E-state index is 0.627. The summed E-state index contributed by atoms with van der Waals surface area (Å²) < 4.78 is 5.34. The molecule has 0 radical (unpaired) electrons. The summed E-state index contributed by atoms with van der Waals surface area (Å²) in [6, 6.07) is 2.64. The Hall–Kier alpha value is -1.36. The SMILES string of the molecule is Cc1cc(NC2CC2)nc(N2CCOCC2)n1. The molecular weight excluding hydrogens is 216 g/mol. The molecule has 0 bridgehead atoms. The molecule has 1 aliphatic heterocycles. The third kappa shape index (κ3) is 2.66. The van der Waals surface area contributed by atoms with Crippen LogP contribution in [0.25, 0.3) is 0 Å². The maximum atomic E-state index is 5.34. The number of nitrogens with zero attached hydrogens (tertiary/aromatic N) is 3. The van der Waals surface area contributed by atoms with Crippen molar-refractivity contribution in [1.82, 2.24) is 9.97 Å². The third-order valence-corrected chi connectivity index (χ3v) is 3.07. The van der Waals surface area contributed by atoms with E-state index in [-0.39, 0.29) is 0 Å². The molecule has 0 spiro atoms. The Morgan fingerprint density at radius 2 is 2.06 bits per heavy atom. The molecule has 2 fully saturated rings. The van der Waals surface area contributed by atoms with Crippen LogP contribution in [-0.4, -0.2) is 42.3 Å². The van der Waals surface area contributed by atoms with Crippen molar-refractivity contribution < 1.29 is 4.74 Å². The maximum absolute atomic E-state index is 5.34. The molecule has 0 aromatic carbocycles. The van der Waals surface area contributed by atoms with E-state index >= 15 is 0 Å². The molecule has 5 heteroatoms. The number of hydrogen-bond donors (Lipinski definition) is 1. The number of ether oxygens (including phenoxy) is 1. The van der Waals surface area contributed by atoms with Gasteiger partial charge in [-0.1, -0.05) is 0 Å². The largest absolute Gasteiger partial charge is 0.378 e. The Morgan fingerprint density at radius 3 is 2.76 bits per heavy atom. The Balaban J connectivity index is 1.79. The van der Waals surface area contributed by atoms with E-state index < -0.39 is 0 Å². The van der Waals surface area contributed by atoms with E-state index in [0.29, 0.717) is 6.04 Å². The second-order valence-corrected chi connectivity index (χ2v) is 4.71. The summed E-state index contributed by atoms with van der Waals surface area (Å²) >= 11 is 0. The van der Waals surface area contributed by atoms with Gasteiger partial charge in [-0.15, -0.1) is 0 Å². The van der Waals surface area contributed by atoms with Crippen molar-refractivity contribution in [3.05, 3.63) is 11.8 Å². The molecule has 2 heterocycles. The van der Waals surface area contributed by atoms with Gasteiger partial charge in [0.05, 0.1) is 13.2 Å². The molecule has 0 amide bonds. The van der Waals surface area contributed by atoms with Crippen molar-refractivity contribution in [2.45, 2.75) is 25.8 Å². The van der Waals surface area contributed by atoms with Crippen molar-refractivity contribution in [1.29, 1.82) is 0 Å². The van der Waals surface area contributed by atoms with Gasteiger partial charge in [0.25, 0.3) is 0 Å². The molecule has 5 nitrogen and oxygen atoms in total. The van der Waals surface area contributed by atoms with Crippen molar-refractivity contribution in [2.24, 2.45) is 0 Å². The Kier molecular flexibility index (Phi) is 2.84. The highest BCUT2D eigenvalue weighted by atomic mass is 16.5. The van der Waals surface area contributed by atoms with Crippen LogP contribution in [0.15, 0.2) is 6.07 Å². The summed E-state index contributed by atoms with van der Waals surface area (Å²) in [5.74, 6) is 1.79. The molecule has 3 rings (SSSR count). The summed E-state index contributed by atoms with van der Waals surface area (Å²) in [4.78, 5) is 11.3. The first-order valence-corrected chi connectivity index (χ1v) is 6.26. The monoisotopic (exact) mass is 234 g/mol. The lowest BCUT2D eigenvalue weighted by Crippen LogP contribution is -2.37. The number of anilines is 2. The second-order valence-electron chi connectivity index (χ2n) is 4.71. The van der Waals surface area contributed by atoms with Gasteiger partial charge in [-0.3, -0.25) is 0 Å². The predicted octanol–water partition coefficient (Wildman–Crippen LogP) is 1.20. The van der Waals surface area contributed by atoms with Crippen LogP contribution in [0.5, 0.6) is 0 Å². The second kappa shape index (κ2) is 4.49. The zero-order valence-electron chi connectivity index (χ0n) is 10.1. The first-order valence-electron chi connectivity index (χ1n) is 6.26. The molecule has 1 saturated carbocycles. The van der Waals surface area contributed by atoms with Gasteiger partial charge in [0.15, 0.2) is 0 Å². The van der Waals surface area contributed by atoms with E-state index in [2.05, 4.69) is 20.2 Å². The van der Waals surface area contributed by atoms with Crippen molar-refractivity contribution >= 4 is 11.8 Å². The summed E-state index contributed by atoms with van der Waals surface area (Å²) in [6.45, 7) is 5.31. The van der Waals surface area contributed by atoms with Gasteiger partial charge in [-0.2, -0.15) is 4.98 Å². The fraction of sp³-hybridized carbons (Fsp3) is 0.667. The molecule has 2 aliphatic rings. The van der Waals surface area contributed by atoms with Crippen LogP contribution in [0.3, 0.4) is 0 Å². The highest BCUT2D eigenvalue weighted by Gasteiger charge is 2.22. The molecule has 1 aromatic heterocycles.